The summed E-state index contributed by atoms with van der Waals surface area (Å²) >= 11 is 0. The Morgan fingerprint density at radius 2 is 1.96 bits per heavy atom. The minimum atomic E-state index is -1.18. The monoisotopic (exact) mass is 359 g/mol. The number of nitrogens with one attached hydrogen (secondary N) is 1. The Morgan fingerprint density at radius 1 is 1.23 bits per heavy atom. The molecule has 1 aromatic rings. The molecular formula is C20H25NO5. The second-order valence-corrected chi connectivity index (χ2v) is 7.84. The van der Waals surface area contributed by atoms with Gasteiger partial charge in [0.05, 0.1) is 17.6 Å². The van der Waals surface area contributed by atoms with Gasteiger partial charge in [0.1, 0.15) is 0 Å². The Kier molecular flexibility index (Phi) is 4.33. The van der Waals surface area contributed by atoms with Gasteiger partial charge in [-0.05, 0) is 44.4 Å². The van der Waals surface area contributed by atoms with Crippen LogP contribution in [0.3, 0.4) is 0 Å². The first-order valence-electron chi connectivity index (χ1n) is 9.00. The number of esters is 2. The molecule has 6 nitrogen and oxygen atoms in total. The molecule has 1 aliphatic heterocycles. The maximum atomic E-state index is 13.0. The SMILES string of the molecule is CCCOC(=O)c1cccc(NC(=O)[C@@]23CC[C@](C)(C(=O)O2)C3(C)C)c1. The Hall–Kier alpha value is -2.37. The number of hydrogen-bond donors (Lipinski definition) is 1. The smallest absolute Gasteiger partial charge is 0.338 e. The number of anilines is 1. The van der Waals surface area contributed by atoms with Gasteiger partial charge in [-0.3, -0.25) is 9.59 Å². The third-order valence-electron chi connectivity index (χ3n) is 6.24. The Bertz CT molecular complexity index is 771. The van der Waals surface area contributed by atoms with Crippen molar-refractivity contribution in [1.82, 2.24) is 0 Å². The van der Waals surface area contributed by atoms with Crippen molar-refractivity contribution < 1.29 is 23.9 Å². The highest BCUT2D eigenvalue weighted by Gasteiger charge is 2.75. The normalized spacial score (nSPS) is 28.5. The molecule has 140 valence electrons. The summed E-state index contributed by atoms with van der Waals surface area (Å²) in [6.45, 7) is 7.94. The van der Waals surface area contributed by atoms with Crippen LogP contribution in [0.25, 0.3) is 0 Å². The van der Waals surface area contributed by atoms with Crippen LogP contribution in [0.2, 0.25) is 0 Å². The molecule has 1 saturated heterocycles. The molecule has 1 aromatic carbocycles. The van der Waals surface area contributed by atoms with Gasteiger partial charge < -0.3 is 14.8 Å². The fraction of sp³-hybridized carbons (Fsp3) is 0.550. The van der Waals surface area contributed by atoms with E-state index in [0.29, 0.717) is 30.7 Å². The summed E-state index contributed by atoms with van der Waals surface area (Å²) in [7, 11) is 0. The third-order valence-corrected chi connectivity index (χ3v) is 6.24. The van der Waals surface area contributed by atoms with Crippen LogP contribution >= 0.6 is 0 Å². The summed E-state index contributed by atoms with van der Waals surface area (Å²) < 4.78 is 10.7. The first-order valence-corrected chi connectivity index (χ1v) is 9.00. The van der Waals surface area contributed by atoms with Crippen molar-refractivity contribution >= 4 is 23.5 Å². The molecule has 0 unspecified atom stereocenters. The zero-order chi connectivity index (χ0) is 19.2. The van der Waals surface area contributed by atoms with E-state index >= 15 is 0 Å². The number of carbonyl (C=O) groups excluding carboxylic acids is 3. The van der Waals surface area contributed by atoms with Gasteiger partial charge in [-0.15, -0.1) is 0 Å². The maximum absolute atomic E-state index is 13.0. The van der Waals surface area contributed by atoms with E-state index < -0.39 is 22.4 Å². The highest BCUT2D eigenvalue weighted by atomic mass is 16.6. The van der Waals surface area contributed by atoms with Crippen LogP contribution in [0.5, 0.6) is 0 Å². The number of carbonyl (C=O) groups is 3. The molecule has 1 heterocycles. The fourth-order valence-electron chi connectivity index (χ4n) is 3.98. The van der Waals surface area contributed by atoms with Gasteiger partial charge in [0.2, 0.25) is 0 Å². The summed E-state index contributed by atoms with van der Waals surface area (Å²) in [5.74, 6) is -1.10. The molecule has 1 saturated carbocycles. The second-order valence-electron chi connectivity index (χ2n) is 7.84. The van der Waals surface area contributed by atoms with Crippen LogP contribution in [-0.4, -0.2) is 30.1 Å². The van der Waals surface area contributed by atoms with E-state index in [2.05, 4.69) is 5.32 Å². The molecule has 1 aliphatic carbocycles. The second kappa shape index (κ2) is 6.11. The number of fused-ring (bicyclic) bond motifs is 2. The van der Waals surface area contributed by atoms with Gasteiger partial charge in [0.15, 0.2) is 5.60 Å². The molecule has 2 bridgehead atoms. The van der Waals surface area contributed by atoms with E-state index in [0.717, 1.165) is 6.42 Å². The van der Waals surface area contributed by atoms with E-state index in [1.807, 2.05) is 27.7 Å². The van der Waals surface area contributed by atoms with Gasteiger partial charge >= 0.3 is 11.9 Å². The Labute approximate surface area is 153 Å². The van der Waals surface area contributed by atoms with E-state index in [1.54, 1.807) is 24.3 Å². The zero-order valence-electron chi connectivity index (χ0n) is 15.7. The number of amides is 1. The van der Waals surface area contributed by atoms with E-state index in [1.165, 1.54) is 0 Å². The molecule has 1 N–H and O–H groups in total. The summed E-state index contributed by atoms with van der Waals surface area (Å²) in [5, 5.41) is 2.82. The van der Waals surface area contributed by atoms with Crippen molar-refractivity contribution in [3.8, 4) is 0 Å². The predicted molar refractivity (Wildman–Crippen MR) is 95.6 cm³/mol. The van der Waals surface area contributed by atoms with Gasteiger partial charge in [-0.25, -0.2) is 4.79 Å². The van der Waals surface area contributed by atoms with Crippen molar-refractivity contribution in [3.63, 3.8) is 0 Å². The first kappa shape index (κ1) is 18.4. The summed E-state index contributed by atoms with van der Waals surface area (Å²) in [6, 6.07) is 6.59. The van der Waals surface area contributed by atoms with Crippen molar-refractivity contribution in [2.75, 3.05) is 11.9 Å². The van der Waals surface area contributed by atoms with Gasteiger partial charge in [-0.2, -0.15) is 0 Å². The van der Waals surface area contributed by atoms with Crippen LogP contribution < -0.4 is 5.32 Å². The van der Waals surface area contributed by atoms with Crippen LogP contribution in [0.15, 0.2) is 24.3 Å². The summed E-state index contributed by atoms with van der Waals surface area (Å²) in [4.78, 5) is 37.4. The van der Waals surface area contributed by atoms with Crippen molar-refractivity contribution in [2.45, 2.75) is 52.6 Å². The standard InChI is InChI=1S/C20H25NO5/c1-5-11-25-15(22)13-7-6-8-14(12-13)21-16(23)20-10-9-19(4,17(24)26-20)18(20,2)3/h6-8,12H,5,9-11H2,1-4H3,(H,21,23)/t19-,20-/m1/s1. The van der Waals surface area contributed by atoms with Crippen LogP contribution in [0.4, 0.5) is 5.69 Å². The Balaban J connectivity index is 1.81. The molecule has 2 atom stereocenters. The third kappa shape index (κ3) is 2.42. The summed E-state index contributed by atoms with van der Waals surface area (Å²) in [5.41, 5.74) is -1.61. The van der Waals surface area contributed by atoms with E-state index in [9.17, 15) is 14.4 Å². The molecule has 26 heavy (non-hydrogen) atoms. The van der Waals surface area contributed by atoms with Gasteiger partial charge in [-0.1, -0.05) is 26.8 Å². The van der Waals surface area contributed by atoms with Crippen LogP contribution in [0.1, 0.15) is 57.3 Å². The lowest BCUT2D eigenvalue weighted by molar-refractivity contribution is -0.165. The Morgan fingerprint density at radius 3 is 2.54 bits per heavy atom. The van der Waals surface area contributed by atoms with Crippen molar-refractivity contribution in [2.24, 2.45) is 10.8 Å². The molecule has 3 rings (SSSR count). The highest BCUT2D eigenvalue weighted by Crippen LogP contribution is 2.65. The minimum absolute atomic E-state index is 0.319. The predicted octanol–water partition coefficient (Wildman–Crippen LogP) is 3.31. The molecule has 6 heteroatoms. The lowest BCUT2D eigenvalue weighted by Gasteiger charge is -2.35. The number of hydrogen-bond acceptors (Lipinski definition) is 5. The lowest BCUT2D eigenvalue weighted by atomic mass is 9.66. The molecular weight excluding hydrogens is 334 g/mol. The van der Waals surface area contributed by atoms with E-state index in [4.69, 9.17) is 9.47 Å². The molecule has 2 aliphatic rings. The highest BCUT2D eigenvalue weighted by molar-refractivity contribution is 6.03. The van der Waals surface area contributed by atoms with Crippen molar-refractivity contribution in [1.29, 1.82) is 0 Å². The fourth-order valence-corrected chi connectivity index (χ4v) is 3.98. The van der Waals surface area contributed by atoms with Crippen LogP contribution in [0, 0.1) is 10.8 Å². The summed E-state index contributed by atoms with van der Waals surface area (Å²) in [6.07, 6.45) is 1.85. The van der Waals surface area contributed by atoms with Crippen LogP contribution in [-0.2, 0) is 19.1 Å². The first-order chi connectivity index (χ1) is 12.2. The molecule has 0 spiro atoms. The van der Waals surface area contributed by atoms with Crippen molar-refractivity contribution in [3.05, 3.63) is 29.8 Å². The average Bonchev–Trinajstić information content (AvgIpc) is 2.90. The number of ether oxygens (including phenoxy) is 2. The largest absolute Gasteiger partial charge is 0.462 e. The van der Waals surface area contributed by atoms with Gasteiger partial charge in [0.25, 0.3) is 5.91 Å². The topological polar surface area (TPSA) is 81.7 Å². The lowest BCUT2D eigenvalue weighted by Crippen LogP contribution is -2.50. The molecule has 0 aromatic heterocycles. The van der Waals surface area contributed by atoms with Gasteiger partial charge in [0, 0.05) is 11.1 Å². The number of rotatable bonds is 5. The molecule has 0 radical (unpaired) electrons. The molecule has 2 fully saturated rings. The minimum Gasteiger partial charge on any atom is -0.462 e. The zero-order valence-corrected chi connectivity index (χ0v) is 15.7. The quantitative estimate of drug-likeness (QED) is 0.816. The van der Waals surface area contributed by atoms with E-state index in [-0.39, 0.29) is 11.9 Å². The number of benzene rings is 1. The molecule has 1 amide bonds. The average molecular weight is 359 g/mol. The maximum Gasteiger partial charge on any atom is 0.338 e.